The molecular formula is C15H16ClN3O. The van der Waals surface area contributed by atoms with Crippen molar-refractivity contribution >= 4 is 23.3 Å². The van der Waals surface area contributed by atoms with Crippen LogP contribution in [0, 0.1) is 0 Å². The molecule has 0 fully saturated rings. The summed E-state index contributed by atoms with van der Waals surface area (Å²) in [5.74, 6) is 0.648. The Hall–Kier alpha value is -2.07. The van der Waals surface area contributed by atoms with Gasteiger partial charge in [-0.05, 0) is 23.8 Å². The summed E-state index contributed by atoms with van der Waals surface area (Å²) < 4.78 is 0. The average molecular weight is 290 g/mol. The van der Waals surface area contributed by atoms with E-state index in [4.69, 9.17) is 11.6 Å². The summed E-state index contributed by atoms with van der Waals surface area (Å²) in [6.45, 7) is 0.397. The number of hydrogen-bond acceptors (Lipinski definition) is 3. The van der Waals surface area contributed by atoms with Crippen molar-refractivity contribution < 1.29 is 4.79 Å². The molecule has 0 atom stereocenters. The number of amides is 1. The zero-order valence-electron chi connectivity index (χ0n) is 11.4. The number of pyridine rings is 1. The normalized spacial score (nSPS) is 10.2. The van der Waals surface area contributed by atoms with Gasteiger partial charge in [-0.3, -0.25) is 4.79 Å². The summed E-state index contributed by atoms with van der Waals surface area (Å²) in [5, 5.41) is 3.47. The topological polar surface area (TPSA) is 45.2 Å². The van der Waals surface area contributed by atoms with Crippen LogP contribution in [0.2, 0.25) is 5.02 Å². The van der Waals surface area contributed by atoms with E-state index < -0.39 is 0 Å². The number of benzene rings is 1. The van der Waals surface area contributed by atoms with E-state index in [0.717, 1.165) is 11.4 Å². The quantitative estimate of drug-likeness (QED) is 0.941. The summed E-state index contributed by atoms with van der Waals surface area (Å²) in [6.07, 6.45) is 1.57. The molecule has 0 saturated carbocycles. The van der Waals surface area contributed by atoms with Gasteiger partial charge in [0.05, 0.1) is 5.56 Å². The maximum absolute atomic E-state index is 12.0. The van der Waals surface area contributed by atoms with Gasteiger partial charge in [0.1, 0.15) is 5.82 Å². The lowest BCUT2D eigenvalue weighted by Gasteiger charge is -2.11. The standard InChI is InChI=1S/C15H16ClN3O/c1-19(2)14-8-7-12(10-17-14)15(20)18-9-11-5-3-4-6-13(11)16/h3-8,10H,9H2,1-2H3,(H,18,20). The van der Waals surface area contributed by atoms with Crippen LogP contribution in [0.5, 0.6) is 0 Å². The van der Waals surface area contributed by atoms with E-state index in [1.54, 1.807) is 18.3 Å². The molecule has 104 valence electrons. The maximum atomic E-state index is 12.0. The van der Waals surface area contributed by atoms with Crippen molar-refractivity contribution in [2.75, 3.05) is 19.0 Å². The van der Waals surface area contributed by atoms with Gasteiger partial charge in [0.2, 0.25) is 0 Å². The molecule has 5 heteroatoms. The van der Waals surface area contributed by atoms with Crippen LogP contribution in [0.3, 0.4) is 0 Å². The highest BCUT2D eigenvalue weighted by Gasteiger charge is 2.07. The minimum absolute atomic E-state index is 0.164. The molecule has 0 radical (unpaired) electrons. The molecule has 2 aromatic rings. The molecule has 0 unspecified atom stereocenters. The van der Waals surface area contributed by atoms with E-state index in [0.29, 0.717) is 17.1 Å². The highest BCUT2D eigenvalue weighted by Crippen LogP contribution is 2.14. The van der Waals surface area contributed by atoms with Gasteiger partial charge in [-0.2, -0.15) is 0 Å². The van der Waals surface area contributed by atoms with E-state index in [-0.39, 0.29) is 5.91 Å². The Morgan fingerprint density at radius 3 is 2.60 bits per heavy atom. The number of nitrogens with zero attached hydrogens (tertiary/aromatic N) is 2. The SMILES string of the molecule is CN(C)c1ccc(C(=O)NCc2ccccc2Cl)cn1. The second kappa shape index (κ2) is 6.39. The number of nitrogens with one attached hydrogen (secondary N) is 1. The second-order valence-corrected chi connectivity index (χ2v) is 4.98. The predicted octanol–water partition coefficient (Wildman–Crippen LogP) is 2.73. The van der Waals surface area contributed by atoms with Crippen LogP contribution in [-0.4, -0.2) is 25.0 Å². The Labute approximate surface area is 123 Å². The number of anilines is 1. The summed E-state index contributed by atoms with van der Waals surface area (Å²) in [6, 6.07) is 11.0. The van der Waals surface area contributed by atoms with Crippen LogP contribution >= 0.6 is 11.6 Å². The fraction of sp³-hybridized carbons (Fsp3) is 0.200. The number of halogens is 1. The van der Waals surface area contributed by atoms with Crippen molar-refractivity contribution in [1.82, 2.24) is 10.3 Å². The van der Waals surface area contributed by atoms with Gasteiger partial charge in [-0.1, -0.05) is 29.8 Å². The zero-order valence-corrected chi connectivity index (χ0v) is 12.2. The molecule has 0 bridgehead atoms. The smallest absolute Gasteiger partial charge is 0.253 e. The van der Waals surface area contributed by atoms with Crippen molar-refractivity contribution in [2.24, 2.45) is 0 Å². The third kappa shape index (κ3) is 3.48. The predicted molar refractivity (Wildman–Crippen MR) is 81.2 cm³/mol. The van der Waals surface area contributed by atoms with Crippen LogP contribution in [0.15, 0.2) is 42.6 Å². The molecule has 1 amide bonds. The van der Waals surface area contributed by atoms with Gasteiger partial charge in [0.25, 0.3) is 5.91 Å². The highest BCUT2D eigenvalue weighted by molar-refractivity contribution is 6.31. The molecule has 1 heterocycles. The van der Waals surface area contributed by atoms with Crippen LogP contribution in [0.4, 0.5) is 5.82 Å². The molecule has 20 heavy (non-hydrogen) atoms. The largest absolute Gasteiger partial charge is 0.363 e. The molecule has 1 aromatic heterocycles. The van der Waals surface area contributed by atoms with E-state index in [2.05, 4.69) is 10.3 Å². The lowest BCUT2D eigenvalue weighted by Crippen LogP contribution is -2.23. The van der Waals surface area contributed by atoms with Crippen molar-refractivity contribution in [3.05, 3.63) is 58.7 Å². The molecule has 0 aliphatic carbocycles. The monoisotopic (exact) mass is 289 g/mol. The van der Waals surface area contributed by atoms with Gasteiger partial charge in [0.15, 0.2) is 0 Å². The van der Waals surface area contributed by atoms with Crippen LogP contribution < -0.4 is 10.2 Å². The van der Waals surface area contributed by atoms with Crippen LogP contribution in [0.25, 0.3) is 0 Å². The molecule has 0 aliphatic rings. The van der Waals surface area contributed by atoms with E-state index in [1.807, 2.05) is 43.3 Å². The Morgan fingerprint density at radius 1 is 1.25 bits per heavy atom. The van der Waals surface area contributed by atoms with Gasteiger partial charge in [-0.25, -0.2) is 4.98 Å². The summed E-state index contributed by atoms with van der Waals surface area (Å²) >= 11 is 6.04. The van der Waals surface area contributed by atoms with Crippen molar-refractivity contribution in [3.63, 3.8) is 0 Å². The zero-order chi connectivity index (χ0) is 14.5. The van der Waals surface area contributed by atoms with Crippen molar-refractivity contribution in [2.45, 2.75) is 6.54 Å². The van der Waals surface area contributed by atoms with Gasteiger partial charge >= 0.3 is 0 Å². The Balaban J connectivity index is 2.00. The molecule has 2 rings (SSSR count). The Morgan fingerprint density at radius 2 is 2.00 bits per heavy atom. The summed E-state index contributed by atoms with van der Waals surface area (Å²) in [7, 11) is 3.80. The molecule has 0 aliphatic heterocycles. The molecule has 0 saturated heterocycles. The highest BCUT2D eigenvalue weighted by atomic mass is 35.5. The average Bonchev–Trinajstić information content (AvgIpc) is 2.46. The molecular weight excluding hydrogens is 274 g/mol. The lowest BCUT2D eigenvalue weighted by atomic mass is 10.2. The van der Waals surface area contributed by atoms with E-state index >= 15 is 0 Å². The molecule has 1 N–H and O–H groups in total. The first-order valence-electron chi connectivity index (χ1n) is 6.23. The molecule has 0 spiro atoms. The van der Waals surface area contributed by atoms with Crippen molar-refractivity contribution in [3.8, 4) is 0 Å². The lowest BCUT2D eigenvalue weighted by molar-refractivity contribution is 0.0950. The van der Waals surface area contributed by atoms with E-state index in [1.165, 1.54) is 0 Å². The molecule has 4 nitrogen and oxygen atoms in total. The number of carbonyl (C=O) groups excluding carboxylic acids is 1. The number of rotatable bonds is 4. The van der Waals surface area contributed by atoms with Crippen LogP contribution in [-0.2, 0) is 6.54 Å². The number of hydrogen-bond donors (Lipinski definition) is 1. The molecule has 1 aromatic carbocycles. The van der Waals surface area contributed by atoms with Crippen molar-refractivity contribution in [1.29, 1.82) is 0 Å². The number of carbonyl (C=O) groups is 1. The Kier molecular flexibility index (Phi) is 4.58. The minimum Gasteiger partial charge on any atom is -0.363 e. The first kappa shape index (κ1) is 14.3. The Bertz CT molecular complexity index is 596. The number of aromatic nitrogens is 1. The minimum atomic E-state index is -0.164. The third-order valence-electron chi connectivity index (χ3n) is 2.87. The maximum Gasteiger partial charge on any atom is 0.253 e. The summed E-state index contributed by atoms with van der Waals surface area (Å²) in [4.78, 5) is 18.1. The fourth-order valence-electron chi connectivity index (χ4n) is 1.70. The van der Waals surface area contributed by atoms with Crippen LogP contribution in [0.1, 0.15) is 15.9 Å². The fourth-order valence-corrected chi connectivity index (χ4v) is 1.91. The van der Waals surface area contributed by atoms with Gasteiger partial charge < -0.3 is 10.2 Å². The second-order valence-electron chi connectivity index (χ2n) is 4.57. The first-order chi connectivity index (χ1) is 9.58. The van der Waals surface area contributed by atoms with Gasteiger partial charge in [-0.15, -0.1) is 0 Å². The van der Waals surface area contributed by atoms with Gasteiger partial charge in [0, 0.05) is 31.9 Å². The van der Waals surface area contributed by atoms with E-state index in [9.17, 15) is 4.79 Å². The third-order valence-corrected chi connectivity index (χ3v) is 3.23. The summed E-state index contributed by atoms with van der Waals surface area (Å²) in [5.41, 5.74) is 1.42. The first-order valence-corrected chi connectivity index (χ1v) is 6.60.